The van der Waals surface area contributed by atoms with Crippen molar-refractivity contribution in [1.82, 2.24) is 4.57 Å². The summed E-state index contributed by atoms with van der Waals surface area (Å²) in [5, 5.41) is 1.78. The van der Waals surface area contributed by atoms with Gasteiger partial charge in [0.1, 0.15) is 16.5 Å². The second-order valence-corrected chi connectivity index (χ2v) is 4.95. The molecule has 2 aromatic rings. The summed E-state index contributed by atoms with van der Waals surface area (Å²) in [5.41, 5.74) is 1.61. The van der Waals surface area contributed by atoms with Crippen molar-refractivity contribution >= 4 is 16.9 Å². The maximum absolute atomic E-state index is 11.6. The average Bonchev–Trinajstić information content (AvgIpc) is 2.83. The predicted molar refractivity (Wildman–Crippen MR) is 64.0 cm³/mol. The SMILES string of the molecule is O=c1oc2c(n1Cc1ccccc1)C=CS2=O. The Morgan fingerprint density at radius 3 is 2.76 bits per heavy atom. The summed E-state index contributed by atoms with van der Waals surface area (Å²) >= 11 is 0. The molecule has 1 aromatic heterocycles. The van der Waals surface area contributed by atoms with Crippen molar-refractivity contribution in [3.05, 3.63) is 57.5 Å². The van der Waals surface area contributed by atoms with E-state index in [4.69, 9.17) is 4.42 Å². The predicted octanol–water partition coefficient (Wildman–Crippen LogP) is 1.58. The zero-order chi connectivity index (χ0) is 11.8. The Morgan fingerprint density at radius 1 is 1.24 bits per heavy atom. The van der Waals surface area contributed by atoms with Gasteiger partial charge in [-0.05, 0) is 11.6 Å². The van der Waals surface area contributed by atoms with Crippen molar-refractivity contribution in [1.29, 1.82) is 0 Å². The fraction of sp³-hybridized carbons (Fsp3) is 0.0833. The number of benzene rings is 1. The van der Waals surface area contributed by atoms with Crippen LogP contribution in [0.1, 0.15) is 11.3 Å². The van der Waals surface area contributed by atoms with Crippen LogP contribution in [0.3, 0.4) is 0 Å². The van der Waals surface area contributed by atoms with E-state index in [-0.39, 0.29) is 5.09 Å². The topological polar surface area (TPSA) is 52.2 Å². The molecule has 0 saturated carbocycles. The second kappa shape index (κ2) is 3.85. The molecule has 1 unspecified atom stereocenters. The fourth-order valence-corrected chi connectivity index (χ4v) is 2.72. The highest BCUT2D eigenvalue weighted by Gasteiger charge is 2.23. The summed E-state index contributed by atoms with van der Waals surface area (Å²) in [6.07, 6.45) is 1.67. The Hall–Kier alpha value is -1.88. The Labute approximate surface area is 99.6 Å². The molecule has 86 valence electrons. The summed E-state index contributed by atoms with van der Waals surface area (Å²) in [4.78, 5) is 11.6. The number of fused-ring (bicyclic) bond motifs is 1. The Balaban J connectivity index is 2.06. The smallest absolute Gasteiger partial charge is 0.398 e. The lowest BCUT2D eigenvalue weighted by molar-refractivity contribution is 0.416. The molecule has 0 spiro atoms. The van der Waals surface area contributed by atoms with Crippen LogP contribution in [0.4, 0.5) is 0 Å². The summed E-state index contributed by atoms with van der Waals surface area (Å²) in [5.74, 6) is -0.462. The van der Waals surface area contributed by atoms with E-state index in [9.17, 15) is 9.00 Å². The van der Waals surface area contributed by atoms with Gasteiger partial charge in [0.15, 0.2) is 0 Å². The van der Waals surface area contributed by atoms with Crippen LogP contribution in [-0.2, 0) is 17.3 Å². The van der Waals surface area contributed by atoms with E-state index in [0.29, 0.717) is 12.2 Å². The molecular weight excluding hydrogens is 238 g/mol. The van der Waals surface area contributed by atoms with Crippen LogP contribution in [0, 0.1) is 0 Å². The van der Waals surface area contributed by atoms with Gasteiger partial charge in [-0.25, -0.2) is 9.00 Å². The third-order valence-corrected chi connectivity index (χ3v) is 3.66. The molecule has 4 nitrogen and oxygen atoms in total. The van der Waals surface area contributed by atoms with Gasteiger partial charge >= 0.3 is 5.76 Å². The van der Waals surface area contributed by atoms with E-state index in [1.165, 1.54) is 9.98 Å². The van der Waals surface area contributed by atoms with E-state index >= 15 is 0 Å². The molecule has 0 aliphatic carbocycles. The summed E-state index contributed by atoms with van der Waals surface area (Å²) in [7, 11) is -1.31. The maximum atomic E-state index is 11.6. The van der Waals surface area contributed by atoms with Crippen molar-refractivity contribution in [2.45, 2.75) is 11.6 Å². The molecule has 1 atom stereocenters. The molecule has 0 saturated heterocycles. The molecule has 0 radical (unpaired) electrons. The number of rotatable bonds is 2. The zero-order valence-corrected chi connectivity index (χ0v) is 9.65. The first kappa shape index (κ1) is 10.3. The number of nitrogens with zero attached hydrogens (tertiary/aromatic N) is 1. The van der Waals surface area contributed by atoms with Crippen molar-refractivity contribution in [2.75, 3.05) is 0 Å². The minimum absolute atomic E-state index is 0.255. The van der Waals surface area contributed by atoms with Gasteiger partial charge in [-0.15, -0.1) is 0 Å². The van der Waals surface area contributed by atoms with Gasteiger partial charge in [-0.2, -0.15) is 0 Å². The lowest BCUT2D eigenvalue weighted by Gasteiger charge is -2.02. The first-order chi connectivity index (χ1) is 8.25. The highest BCUT2D eigenvalue weighted by atomic mass is 32.2. The van der Waals surface area contributed by atoms with E-state index in [2.05, 4.69) is 0 Å². The Bertz CT molecular complexity index is 667. The molecule has 1 aromatic carbocycles. The van der Waals surface area contributed by atoms with Crippen molar-refractivity contribution < 1.29 is 8.63 Å². The first-order valence-corrected chi connectivity index (χ1v) is 6.33. The van der Waals surface area contributed by atoms with Crippen LogP contribution < -0.4 is 5.76 Å². The Morgan fingerprint density at radius 2 is 2.00 bits per heavy atom. The lowest BCUT2D eigenvalue weighted by Crippen LogP contribution is -2.16. The van der Waals surface area contributed by atoms with Crippen LogP contribution in [0.15, 0.2) is 50.0 Å². The average molecular weight is 247 g/mol. The van der Waals surface area contributed by atoms with Crippen LogP contribution in [-0.4, -0.2) is 8.78 Å². The first-order valence-electron chi connectivity index (χ1n) is 5.12. The molecule has 17 heavy (non-hydrogen) atoms. The van der Waals surface area contributed by atoms with Gasteiger partial charge in [-0.3, -0.25) is 4.57 Å². The molecule has 0 fully saturated rings. The largest absolute Gasteiger partial charge is 0.420 e. The van der Waals surface area contributed by atoms with Crippen molar-refractivity contribution in [3.63, 3.8) is 0 Å². The fourth-order valence-electron chi connectivity index (χ4n) is 1.80. The zero-order valence-electron chi connectivity index (χ0n) is 8.83. The molecule has 2 heterocycles. The van der Waals surface area contributed by atoms with E-state index in [1.54, 1.807) is 6.08 Å². The van der Waals surface area contributed by atoms with Gasteiger partial charge in [0.2, 0.25) is 5.09 Å². The third-order valence-electron chi connectivity index (χ3n) is 2.62. The van der Waals surface area contributed by atoms with Crippen molar-refractivity contribution in [2.24, 2.45) is 0 Å². The number of hydrogen-bond donors (Lipinski definition) is 0. The highest BCUT2D eigenvalue weighted by molar-refractivity contribution is 7.88. The van der Waals surface area contributed by atoms with Gasteiger partial charge in [-0.1, -0.05) is 30.3 Å². The summed E-state index contributed by atoms with van der Waals surface area (Å²) in [6, 6.07) is 9.60. The van der Waals surface area contributed by atoms with Crippen LogP contribution in [0.2, 0.25) is 0 Å². The highest BCUT2D eigenvalue weighted by Crippen LogP contribution is 2.22. The number of aromatic nitrogens is 1. The molecule has 1 aliphatic heterocycles. The van der Waals surface area contributed by atoms with Crippen LogP contribution in [0.25, 0.3) is 6.08 Å². The van der Waals surface area contributed by atoms with Gasteiger partial charge in [0.25, 0.3) is 0 Å². The molecule has 5 heteroatoms. The third kappa shape index (κ3) is 1.68. The molecule has 0 bridgehead atoms. The van der Waals surface area contributed by atoms with Gasteiger partial charge < -0.3 is 4.42 Å². The monoisotopic (exact) mass is 247 g/mol. The maximum Gasteiger partial charge on any atom is 0.420 e. The molecule has 3 rings (SSSR count). The molecule has 1 aliphatic rings. The van der Waals surface area contributed by atoms with E-state index < -0.39 is 16.6 Å². The molecule has 0 amide bonds. The molecular formula is C12H9NO3S. The van der Waals surface area contributed by atoms with E-state index in [1.807, 2.05) is 30.3 Å². The van der Waals surface area contributed by atoms with Crippen molar-refractivity contribution in [3.8, 4) is 0 Å². The number of hydrogen-bond acceptors (Lipinski definition) is 3. The standard InChI is InChI=1S/C12H9NO3S/c14-12-13(8-9-4-2-1-3-5-9)10-6-7-17(15)11(10)16-12/h1-7H,8H2. The minimum Gasteiger partial charge on any atom is -0.398 e. The Kier molecular flexibility index (Phi) is 2.33. The minimum atomic E-state index is -1.31. The quantitative estimate of drug-likeness (QED) is 0.809. The summed E-state index contributed by atoms with van der Waals surface area (Å²) in [6.45, 7) is 0.431. The number of oxazole rings is 1. The van der Waals surface area contributed by atoms with Crippen LogP contribution in [0.5, 0.6) is 0 Å². The van der Waals surface area contributed by atoms with E-state index in [0.717, 1.165) is 5.56 Å². The molecule has 0 N–H and O–H groups in total. The lowest BCUT2D eigenvalue weighted by atomic mass is 10.2. The summed E-state index contributed by atoms with van der Waals surface area (Å²) < 4.78 is 17.9. The van der Waals surface area contributed by atoms with Gasteiger partial charge in [0.05, 0.1) is 6.54 Å². The van der Waals surface area contributed by atoms with Gasteiger partial charge in [0, 0.05) is 5.41 Å². The normalized spacial score (nSPS) is 17.3. The van der Waals surface area contributed by atoms with Crippen LogP contribution >= 0.6 is 0 Å². The second-order valence-electron chi connectivity index (χ2n) is 3.71.